The third-order valence-electron chi connectivity index (χ3n) is 3.44. The van der Waals surface area contributed by atoms with Crippen LogP contribution in [0.3, 0.4) is 0 Å². The minimum absolute atomic E-state index is 0.0403. The van der Waals surface area contributed by atoms with Gasteiger partial charge < -0.3 is 9.47 Å². The molecule has 0 heterocycles. The number of ether oxygens (including phenoxy) is 2. The molecular formula is C18H12BrCl2N5O6. The summed E-state index contributed by atoms with van der Waals surface area (Å²) in [5.74, 6) is -0.782. The minimum Gasteiger partial charge on any atom is -0.454 e. The van der Waals surface area contributed by atoms with Crippen molar-refractivity contribution in [1.29, 1.82) is 5.26 Å². The first-order valence-electron chi connectivity index (χ1n) is 8.49. The van der Waals surface area contributed by atoms with Gasteiger partial charge in [0.2, 0.25) is 5.71 Å². The van der Waals surface area contributed by atoms with Gasteiger partial charge in [0.15, 0.2) is 5.75 Å². The van der Waals surface area contributed by atoms with Gasteiger partial charge in [-0.05, 0) is 41.1 Å². The summed E-state index contributed by atoms with van der Waals surface area (Å²) in [6.07, 6.45) is -1.02. The normalized spacial score (nSPS) is 10.7. The number of nitrogens with one attached hydrogen (secondary N) is 2. The van der Waals surface area contributed by atoms with Crippen LogP contribution in [0, 0.1) is 21.4 Å². The van der Waals surface area contributed by atoms with Crippen LogP contribution < -0.4 is 15.5 Å². The molecule has 0 aliphatic heterocycles. The Bertz CT molecular complexity index is 1130. The molecule has 2 rings (SSSR count). The summed E-state index contributed by atoms with van der Waals surface area (Å²) in [6.45, 7) is 1.59. The third-order valence-corrected chi connectivity index (χ3v) is 4.64. The number of hydrazone groups is 1. The van der Waals surface area contributed by atoms with E-state index in [0.29, 0.717) is 0 Å². The number of alkyl carbamates (subject to hydrolysis) is 1. The predicted octanol–water partition coefficient (Wildman–Crippen LogP) is 5.02. The third kappa shape index (κ3) is 6.55. The first-order valence-corrected chi connectivity index (χ1v) is 10.0. The SMILES string of the molecule is CCOC(=O)NC(=O)C(C#N)=NNc1cc(Cl)c(Oc2ccc([N+](=O)[O-])c(Br)c2)c(Cl)c1. The molecule has 0 aliphatic carbocycles. The molecule has 2 aromatic carbocycles. The first-order chi connectivity index (χ1) is 15.2. The van der Waals surface area contributed by atoms with E-state index in [0.717, 1.165) is 0 Å². The molecule has 2 aromatic rings. The highest BCUT2D eigenvalue weighted by atomic mass is 79.9. The van der Waals surface area contributed by atoms with Crippen molar-refractivity contribution >= 4 is 68.2 Å². The molecular weight excluding hydrogens is 533 g/mol. The number of hydrogen-bond donors (Lipinski definition) is 2. The van der Waals surface area contributed by atoms with E-state index in [9.17, 15) is 19.7 Å². The highest BCUT2D eigenvalue weighted by Crippen LogP contribution is 2.40. The lowest BCUT2D eigenvalue weighted by Crippen LogP contribution is -2.36. The minimum atomic E-state index is -1.07. The van der Waals surface area contributed by atoms with Gasteiger partial charge in [-0.15, -0.1) is 0 Å². The fraction of sp³-hybridized carbons (Fsp3) is 0.111. The Kier molecular flexibility index (Phi) is 8.77. The van der Waals surface area contributed by atoms with Crippen LogP contribution in [0.25, 0.3) is 0 Å². The number of anilines is 1. The van der Waals surface area contributed by atoms with Crippen LogP contribution in [-0.4, -0.2) is 29.2 Å². The quantitative estimate of drug-likeness (QED) is 0.279. The predicted molar refractivity (Wildman–Crippen MR) is 119 cm³/mol. The van der Waals surface area contributed by atoms with Crippen molar-refractivity contribution in [3.63, 3.8) is 0 Å². The maximum Gasteiger partial charge on any atom is 0.414 e. The fourth-order valence-electron chi connectivity index (χ4n) is 2.11. The van der Waals surface area contributed by atoms with Crippen LogP contribution in [-0.2, 0) is 9.53 Å². The van der Waals surface area contributed by atoms with Crippen LogP contribution in [0.15, 0.2) is 39.9 Å². The van der Waals surface area contributed by atoms with E-state index in [-0.39, 0.29) is 44.0 Å². The summed E-state index contributed by atoms with van der Waals surface area (Å²) in [6, 6.07) is 8.23. The summed E-state index contributed by atoms with van der Waals surface area (Å²) in [5, 5.41) is 25.5. The van der Waals surface area contributed by atoms with E-state index in [1.165, 1.54) is 36.4 Å². The van der Waals surface area contributed by atoms with Crippen LogP contribution in [0.1, 0.15) is 6.92 Å². The Balaban J connectivity index is 2.18. The Morgan fingerprint density at radius 1 is 1.28 bits per heavy atom. The molecule has 32 heavy (non-hydrogen) atoms. The number of hydrogen-bond acceptors (Lipinski definition) is 9. The smallest absolute Gasteiger partial charge is 0.414 e. The molecule has 0 spiro atoms. The summed E-state index contributed by atoms with van der Waals surface area (Å²) in [4.78, 5) is 33.5. The summed E-state index contributed by atoms with van der Waals surface area (Å²) in [7, 11) is 0. The number of carbonyl (C=O) groups is 2. The zero-order chi connectivity index (χ0) is 23.8. The monoisotopic (exact) mass is 543 g/mol. The number of rotatable bonds is 7. The Hall–Kier alpha value is -3.40. The van der Waals surface area contributed by atoms with Gasteiger partial charge in [0.25, 0.3) is 11.6 Å². The van der Waals surface area contributed by atoms with E-state index in [1.54, 1.807) is 6.92 Å². The van der Waals surface area contributed by atoms with Crippen molar-refractivity contribution in [1.82, 2.24) is 5.32 Å². The van der Waals surface area contributed by atoms with Gasteiger partial charge in [0.1, 0.15) is 11.8 Å². The summed E-state index contributed by atoms with van der Waals surface area (Å²) >= 11 is 15.5. The number of imide groups is 1. The second-order valence-corrected chi connectivity index (χ2v) is 7.27. The van der Waals surface area contributed by atoms with Crippen molar-refractivity contribution in [2.24, 2.45) is 5.10 Å². The maximum atomic E-state index is 11.8. The zero-order valence-electron chi connectivity index (χ0n) is 16.0. The second-order valence-electron chi connectivity index (χ2n) is 5.60. The number of nitro groups is 1. The molecule has 0 saturated heterocycles. The Morgan fingerprint density at radius 3 is 2.47 bits per heavy atom. The van der Waals surface area contributed by atoms with Crippen molar-refractivity contribution in [3.05, 3.63) is 55.0 Å². The molecule has 0 fully saturated rings. The molecule has 0 aromatic heterocycles. The number of nitro benzene ring substituents is 1. The molecule has 0 radical (unpaired) electrons. The zero-order valence-corrected chi connectivity index (χ0v) is 19.1. The van der Waals surface area contributed by atoms with E-state index < -0.39 is 22.6 Å². The maximum absolute atomic E-state index is 11.8. The van der Waals surface area contributed by atoms with Crippen molar-refractivity contribution in [3.8, 4) is 17.6 Å². The Morgan fingerprint density at radius 2 is 1.94 bits per heavy atom. The summed E-state index contributed by atoms with van der Waals surface area (Å²) in [5.41, 5.74) is 1.83. The number of amides is 2. The highest BCUT2D eigenvalue weighted by molar-refractivity contribution is 9.10. The molecule has 0 atom stereocenters. The van der Waals surface area contributed by atoms with Crippen LogP contribution in [0.5, 0.6) is 11.5 Å². The molecule has 2 N–H and O–H groups in total. The van der Waals surface area contributed by atoms with Crippen LogP contribution in [0.4, 0.5) is 16.2 Å². The van der Waals surface area contributed by atoms with Crippen molar-refractivity contribution < 1.29 is 24.0 Å². The Labute approximate surface area is 199 Å². The first kappa shape index (κ1) is 24.9. The largest absolute Gasteiger partial charge is 0.454 e. The topological polar surface area (TPSA) is 156 Å². The number of nitrogens with zero attached hydrogens (tertiary/aromatic N) is 3. The highest BCUT2D eigenvalue weighted by Gasteiger charge is 2.17. The average Bonchev–Trinajstić information content (AvgIpc) is 2.71. The number of halogens is 3. The van der Waals surface area contributed by atoms with Crippen molar-refractivity contribution in [2.45, 2.75) is 6.92 Å². The average molecular weight is 545 g/mol. The van der Waals surface area contributed by atoms with Gasteiger partial charge in [-0.1, -0.05) is 23.2 Å². The number of benzene rings is 2. The lowest BCUT2D eigenvalue weighted by molar-refractivity contribution is -0.385. The van der Waals surface area contributed by atoms with Gasteiger partial charge in [0, 0.05) is 12.1 Å². The molecule has 0 bridgehead atoms. The van der Waals surface area contributed by atoms with Crippen LogP contribution >= 0.6 is 39.1 Å². The van der Waals surface area contributed by atoms with Gasteiger partial charge in [0.05, 0.1) is 31.7 Å². The molecule has 2 amide bonds. The number of carbonyl (C=O) groups excluding carboxylic acids is 2. The van der Waals surface area contributed by atoms with Gasteiger partial charge in [-0.3, -0.25) is 25.7 Å². The number of nitriles is 1. The van der Waals surface area contributed by atoms with Gasteiger partial charge in [-0.25, -0.2) is 4.79 Å². The molecule has 166 valence electrons. The molecule has 14 heteroatoms. The summed E-state index contributed by atoms with van der Waals surface area (Å²) < 4.78 is 10.4. The van der Waals surface area contributed by atoms with E-state index in [1.807, 2.05) is 5.32 Å². The van der Waals surface area contributed by atoms with E-state index in [4.69, 9.17) is 33.2 Å². The second kappa shape index (κ2) is 11.3. The van der Waals surface area contributed by atoms with E-state index in [2.05, 4.69) is 31.2 Å². The lowest BCUT2D eigenvalue weighted by atomic mass is 10.3. The molecule has 0 aliphatic rings. The lowest BCUT2D eigenvalue weighted by Gasteiger charge is -2.12. The van der Waals surface area contributed by atoms with E-state index >= 15 is 0 Å². The van der Waals surface area contributed by atoms with Crippen LogP contribution in [0.2, 0.25) is 10.0 Å². The fourth-order valence-corrected chi connectivity index (χ4v) is 3.17. The molecule has 11 nitrogen and oxygen atoms in total. The molecule has 0 unspecified atom stereocenters. The molecule has 0 saturated carbocycles. The van der Waals surface area contributed by atoms with Gasteiger partial charge in [-0.2, -0.15) is 10.4 Å². The van der Waals surface area contributed by atoms with Crippen molar-refractivity contribution in [2.75, 3.05) is 12.0 Å². The standard InChI is InChI=1S/C18H12BrCl2N5O6/c1-2-31-18(28)23-17(27)14(8-22)25-24-9-5-12(20)16(13(21)6-9)32-10-3-4-15(26(29)30)11(19)7-10/h3-7,24H,2H2,1H3,(H,23,27,28). The van der Waals surface area contributed by atoms with Gasteiger partial charge >= 0.3 is 6.09 Å².